The minimum absolute atomic E-state index is 0.214. The largest absolute Gasteiger partial charge is 0.368 e. The normalized spacial score (nSPS) is 17.5. The molecule has 0 amide bonds. The first-order chi connectivity index (χ1) is 12.7. The molecule has 1 fully saturated rings. The number of nitrogens with two attached hydrogens (primary N) is 1. The van der Waals surface area contributed by atoms with E-state index in [9.17, 15) is 0 Å². The Morgan fingerprint density at radius 2 is 2.00 bits per heavy atom. The maximum absolute atomic E-state index is 6.04. The summed E-state index contributed by atoms with van der Waals surface area (Å²) in [5.41, 5.74) is 10.2. The van der Waals surface area contributed by atoms with Gasteiger partial charge in [0.15, 0.2) is 0 Å². The van der Waals surface area contributed by atoms with E-state index in [4.69, 9.17) is 17.3 Å². The third-order valence-corrected chi connectivity index (χ3v) is 5.03. The lowest BCUT2D eigenvalue weighted by molar-refractivity contribution is 0.244. The Balaban J connectivity index is 1.69. The predicted octanol–water partition coefficient (Wildman–Crippen LogP) is 4.11. The second-order valence-corrected chi connectivity index (χ2v) is 6.96. The molecule has 1 aliphatic rings. The van der Waals surface area contributed by atoms with E-state index in [0.29, 0.717) is 11.0 Å². The van der Waals surface area contributed by atoms with E-state index < -0.39 is 0 Å². The highest BCUT2D eigenvalue weighted by Gasteiger charge is 2.29. The van der Waals surface area contributed by atoms with E-state index in [1.54, 1.807) is 6.20 Å². The van der Waals surface area contributed by atoms with Crippen LogP contribution in [0.25, 0.3) is 11.1 Å². The van der Waals surface area contributed by atoms with Crippen LogP contribution in [0.2, 0.25) is 5.02 Å². The molecule has 1 saturated heterocycles. The maximum atomic E-state index is 6.04. The van der Waals surface area contributed by atoms with Crippen LogP contribution in [0.5, 0.6) is 0 Å². The lowest BCUT2D eigenvalue weighted by Gasteiger charge is -2.25. The van der Waals surface area contributed by atoms with Crippen LogP contribution in [0.4, 0.5) is 5.95 Å². The smallest absolute Gasteiger partial charge is 0.220 e. The number of hydrogen-bond acceptors (Lipinski definition) is 5. The summed E-state index contributed by atoms with van der Waals surface area (Å²) in [5, 5.41) is 0.714. The summed E-state index contributed by atoms with van der Waals surface area (Å²) < 4.78 is 0. The summed E-state index contributed by atoms with van der Waals surface area (Å²) in [5.74, 6) is 0.311. The molecule has 0 bridgehead atoms. The number of benzene rings is 1. The van der Waals surface area contributed by atoms with Crippen molar-refractivity contribution in [2.24, 2.45) is 0 Å². The van der Waals surface area contributed by atoms with Gasteiger partial charge in [-0.3, -0.25) is 9.88 Å². The van der Waals surface area contributed by atoms with Crippen molar-refractivity contribution in [1.29, 1.82) is 0 Å². The Kier molecular flexibility index (Phi) is 4.82. The summed E-state index contributed by atoms with van der Waals surface area (Å²) in [7, 11) is 0. The van der Waals surface area contributed by atoms with Crippen molar-refractivity contribution in [2.45, 2.75) is 25.4 Å². The number of aromatic nitrogens is 3. The van der Waals surface area contributed by atoms with Gasteiger partial charge in [0.05, 0.1) is 11.7 Å². The molecule has 1 aromatic carbocycles. The predicted molar refractivity (Wildman–Crippen MR) is 104 cm³/mol. The Morgan fingerprint density at radius 3 is 2.77 bits per heavy atom. The molecule has 0 aliphatic carbocycles. The third kappa shape index (κ3) is 3.54. The van der Waals surface area contributed by atoms with E-state index in [1.165, 1.54) is 5.56 Å². The van der Waals surface area contributed by atoms with E-state index in [2.05, 4.69) is 25.9 Å². The molecule has 6 heteroatoms. The van der Waals surface area contributed by atoms with Gasteiger partial charge in [-0.15, -0.1) is 0 Å². The molecule has 4 rings (SSSR count). The molecule has 3 aromatic rings. The average molecular weight is 366 g/mol. The van der Waals surface area contributed by atoms with Gasteiger partial charge in [0.25, 0.3) is 0 Å². The van der Waals surface area contributed by atoms with E-state index in [1.807, 2.05) is 42.7 Å². The molecule has 1 atom stereocenters. The number of nitrogens with zero attached hydrogens (tertiary/aromatic N) is 4. The Morgan fingerprint density at radius 1 is 1.15 bits per heavy atom. The van der Waals surface area contributed by atoms with Crippen molar-refractivity contribution in [3.8, 4) is 11.1 Å². The number of likely N-dealkylation sites (tertiary alicyclic amines) is 1. The number of nitrogen functional groups attached to an aromatic ring is 1. The molecular formula is C20H20ClN5. The maximum Gasteiger partial charge on any atom is 0.220 e. The number of pyridine rings is 1. The fraction of sp³-hybridized carbons (Fsp3) is 0.250. The van der Waals surface area contributed by atoms with E-state index >= 15 is 0 Å². The zero-order valence-electron chi connectivity index (χ0n) is 14.3. The summed E-state index contributed by atoms with van der Waals surface area (Å²) in [6, 6.07) is 12.1. The van der Waals surface area contributed by atoms with E-state index in [0.717, 1.165) is 42.8 Å². The van der Waals surface area contributed by atoms with Crippen LogP contribution in [-0.4, -0.2) is 26.4 Å². The van der Waals surface area contributed by atoms with Gasteiger partial charge in [-0.25, -0.2) is 9.97 Å². The molecule has 0 radical (unpaired) electrons. The molecule has 1 aliphatic heterocycles. The molecule has 132 valence electrons. The van der Waals surface area contributed by atoms with Gasteiger partial charge >= 0.3 is 0 Å². The number of halogens is 1. The lowest BCUT2D eigenvalue weighted by Crippen LogP contribution is -2.24. The minimum Gasteiger partial charge on any atom is -0.368 e. The molecule has 0 spiro atoms. The van der Waals surface area contributed by atoms with Crippen LogP contribution in [0, 0.1) is 0 Å². The van der Waals surface area contributed by atoms with Crippen molar-refractivity contribution in [3.63, 3.8) is 0 Å². The van der Waals surface area contributed by atoms with Crippen molar-refractivity contribution < 1.29 is 0 Å². The highest BCUT2D eigenvalue weighted by Crippen LogP contribution is 2.37. The fourth-order valence-corrected chi connectivity index (χ4v) is 3.69. The number of anilines is 1. The summed E-state index contributed by atoms with van der Waals surface area (Å²) in [6.45, 7) is 1.88. The second kappa shape index (κ2) is 7.40. The van der Waals surface area contributed by atoms with Gasteiger partial charge in [0.2, 0.25) is 5.95 Å². The Labute approximate surface area is 157 Å². The van der Waals surface area contributed by atoms with Crippen molar-refractivity contribution in [3.05, 3.63) is 71.3 Å². The first kappa shape index (κ1) is 16.9. The van der Waals surface area contributed by atoms with Crippen LogP contribution in [-0.2, 0) is 6.54 Å². The van der Waals surface area contributed by atoms with Crippen LogP contribution < -0.4 is 5.73 Å². The molecule has 0 unspecified atom stereocenters. The van der Waals surface area contributed by atoms with Gasteiger partial charge in [-0.05, 0) is 48.7 Å². The Bertz CT molecular complexity index is 882. The van der Waals surface area contributed by atoms with Crippen molar-refractivity contribution in [1.82, 2.24) is 19.9 Å². The number of rotatable bonds is 4. The molecule has 26 heavy (non-hydrogen) atoms. The monoisotopic (exact) mass is 365 g/mol. The van der Waals surface area contributed by atoms with Crippen LogP contribution >= 0.6 is 11.6 Å². The lowest BCUT2D eigenvalue weighted by atomic mass is 9.99. The molecule has 5 nitrogen and oxygen atoms in total. The topological polar surface area (TPSA) is 67.9 Å². The highest BCUT2D eigenvalue weighted by atomic mass is 35.5. The average Bonchev–Trinajstić information content (AvgIpc) is 3.11. The quantitative estimate of drug-likeness (QED) is 0.753. The van der Waals surface area contributed by atoms with Gasteiger partial charge in [-0.2, -0.15) is 0 Å². The molecule has 0 saturated carbocycles. The van der Waals surface area contributed by atoms with Crippen LogP contribution in [0.1, 0.15) is 30.1 Å². The van der Waals surface area contributed by atoms with Crippen molar-refractivity contribution in [2.75, 3.05) is 12.3 Å². The van der Waals surface area contributed by atoms with Crippen molar-refractivity contribution >= 4 is 17.5 Å². The van der Waals surface area contributed by atoms with E-state index in [-0.39, 0.29) is 6.04 Å². The van der Waals surface area contributed by atoms with Crippen LogP contribution in [0.15, 0.2) is 55.0 Å². The minimum atomic E-state index is 0.214. The molecule has 2 N–H and O–H groups in total. The Hall–Kier alpha value is -2.50. The first-order valence-electron chi connectivity index (χ1n) is 8.72. The molecule has 2 aromatic heterocycles. The summed E-state index contributed by atoms with van der Waals surface area (Å²) in [6.07, 6.45) is 7.73. The zero-order valence-corrected chi connectivity index (χ0v) is 15.1. The first-order valence-corrected chi connectivity index (χ1v) is 9.10. The van der Waals surface area contributed by atoms with Gasteiger partial charge in [0.1, 0.15) is 0 Å². The molecular weight excluding hydrogens is 346 g/mol. The van der Waals surface area contributed by atoms with Crippen LogP contribution in [0.3, 0.4) is 0 Å². The van der Waals surface area contributed by atoms with Gasteiger partial charge in [0, 0.05) is 35.7 Å². The SMILES string of the molecule is Nc1ncc(-c2ccc(Cl)cc2)c([C@@H]2CCCN2Cc2cccnc2)n1. The zero-order chi connectivity index (χ0) is 17.9. The standard InChI is InChI=1S/C20H20ClN5/c21-16-7-5-15(6-8-16)17-12-24-20(22)25-19(17)18-4-2-10-26(18)13-14-3-1-9-23-11-14/h1,3,5-9,11-12,18H,2,4,10,13H2,(H2,22,24,25)/t18-/m0/s1. The summed E-state index contributed by atoms with van der Waals surface area (Å²) >= 11 is 6.04. The fourth-order valence-electron chi connectivity index (χ4n) is 3.57. The summed E-state index contributed by atoms with van der Waals surface area (Å²) in [4.78, 5) is 15.5. The van der Waals surface area contributed by atoms with Gasteiger partial charge < -0.3 is 5.73 Å². The third-order valence-electron chi connectivity index (χ3n) is 4.78. The highest BCUT2D eigenvalue weighted by molar-refractivity contribution is 6.30. The molecule has 3 heterocycles. The second-order valence-electron chi connectivity index (χ2n) is 6.52. The number of hydrogen-bond donors (Lipinski definition) is 1. The van der Waals surface area contributed by atoms with Gasteiger partial charge in [-0.1, -0.05) is 29.8 Å².